The standard InChI is InChI=1S/C18H18ClFN2O2.ClH/c19-16-7-2-1-6-15(16)17-11-21-8-9-22(17)18(23)12-24-14-5-3-4-13(20)10-14;/h1-7,10,17,21H,8-9,11-12H2;1H. The molecule has 2 aromatic carbocycles. The third-order valence-electron chi connectivity index (χ3n) is 3.99. The van der Waals surface area contributed by atoms with Gasteiger partial charge in [-0.15, -0.1) is 12.4 Å². The molecule has 0 spiro atoms. The molecule has 1 aliphatic rings. The maximum absolute atomic E-state index is 13.2. The van der Waals surface area contributed by atoms with E-state index in [1.54, 1.807) is 17.0 Å². The van der Waals surface area contributed by atoms with Gasteiger partial charge in [0.15, 0.2) is 6.61 Å². The second-order valence-corrected chi connectivity index (χ2v) is 5.98. The summed E-state index contributed by atoms with van der Waals surface area (Å²) < 4.78 is 18.6. The predicted molar refractivity (Wildman–Crippen MR) is 97.9 cm³/mol. The monoisotopic (exact) mass is 384 g/mol. The third-order valence-corrected chi connectivity index (χ3v) is 4.33. The molecule has 1 saturated heterocycles. The molecular formula is C18H19Cl2FN2O2. The number of ether oxygens (including phenoxy) is 1. The molecule has 1 amide bonds. The van der Waals surface area contributed by atoms with E-state index in [1.165, 1.54) is 12.1 Å². The van der Waals surface area contributed by atoms with Crippen LogP contribution in [0.2, 0.25) is 5.02 Å². The highest BCUT2D eigenvalue weighted by atomic mass is 35.5. The lowest BCUT2D eigenvalue weighted by atomic mass is 10.0. The van der Waals surface area contributed by atoms with Crippen molar-refractivity contribution in [3.05, 3.63) is 64.9 Å². The smallest absolute Gasteiger partial charge is 0.261 e. The van der Waals surface area contributed by atoms with Crippen LogP contribution in [0.5, 0.6) is 5.75 Å². The SMILES string of the molecule is Cl.O=C(COc1cccc(F)c1)N1CCNCC1c1ccccc1Cl. The molecule has 1 unspecified atom stereocenters. The maximum Gasteiger partial charge on any atom is 0.261 e. The number of carbonyl (C=O) groups is 1. The Kier molecular flexibility index (Phi) is 7.05. The number of rotatable bonds is 4. The zero-order valence-electron chi connectivity index (χ0n) is 13.5. The summed E-state index contributed by atoms with van der Waals surface area (Å²) in [7, 11) is 0. The molecule has 3 rings (SSSR count). The number of piperazine rings is 1. The van der Waals surface area contributed by atoms with Crippen LogP contribution < -0.4 is 10.1 Å². The summed E-state index contributed by atoms with van der Waals surface area (Å²) >= 11 is 6.28. The lowest BCUT2D eigenvalue weighted by Crippen LogP contribution is -2.50. The van der Waals surface area contributed by atoms with Crippen LogP contribution in [0.4, 0.5) is 4.39 Å². The van der Waals surface area contributed by atoms with E-state index in [0.29, 0.717) is 30.4 Å². The summed E-state index contributed by atoms with van der Waals surface area (Å²) in [6.07, 6.45) is 0. The lowest BCUT2D eigenvalue weighted by molar-refractivity contribution is -0.136. The number of amides is 1. The number of hydrogen-bond acceptors (Lipinski definition) is 3. The zero-order chi connectivity index (χ0) is 16.9. The molecule has 1 atom stereocenters. The highest BCUT2D eigenvalue weighted by Gasteiger charge is 2.29. The number of nitrogens with zero attached hydrogens (tertiary/aromatic N) is 1. The summed E-state index contributed by atoms with van der Waals surface area (Å²) in [4.78, 5) is 14.3. The second-order valence-electron chi connectivity index (χ2n) is 5.57. The van der Waals surface area contributed by atoms with Crippen molar-refractivity contribution in [1.29, 1.82) is 0 Å². The van der Waals surface area contributed by atoms with Crippen molar-refractivity contribution in [2.75, 3.05) is 26.2 Å². The molecule has 0 saturated carbocycles. The Morgan fingerprint density at radius 2 is 2.08 bits per heavy atom. The van der Waals surface area contributed by atoms with E-state index in [0.717, 1.165) is 5.56 Å². The van der Waals surface area contributed by atoms with Gasteiger partial charge in [0.1, 0.15) is 11.6 Å². The Balaban J connectivity index is 0.00000225. The first-order chi connectivity index (χ1) is 11.6. The van der Waals surface area contributed by atoms with Crippen molar-refractivity contribution < 1.29 is 13.9 Å². The molecule has 1 heterocycles. The zero-order valence-corrected chi connectivity index (χ0v) is 15.0. The molecule has 1 aliphatic heterocycles. The van der Waals surface area contributed by atoms with Crippen LogP contribution >= 0.6 is 24.0 Å². The molecule has 0 aliphatic carbocycles. The Morgan fingerprint density at radius 1 is 1.28 bits per heavy atom. The average molecular weight is 385 g/mol. The van der Waals surface area contributed by atoms with Crippen LogP contribution in [0.25, 0.3) is 0 Å². The van der Waals surface area contributed by atoms with Gasteiger partial charge in [-0.25, -0.2) is 4.39 Å². The molecule has 2 aromatic rings. The van der Waals surface area contributed by atoms with Gasteiger partial charge in [-0.05, 0) is 23.8 Å². The number of benzene rings is 2. The van der Waals surface area contributed by atoms with E-state index in [4.69, 9.17) is 16.3 Å². The van der Waals surface area contributed by atoms with Crippen molar-refractivity contribution in [1.82, 2.24) is 10.2 Å². The van der Waals surface area contributed by atoms with Gasteiger partial charge in [0, 0.05) is 30.7 Å². The van der Waals surface area contributed by atoms with E-state index in [-0.39, 0.29) is 31.0 Å². The number of nitrogens with one attached hydrogen (secondary N) is 1. The van der Waals surface area contributed by atoms with Crippen LogP contribution in [-0.4, -0.2) is 37.0 Å². The molecule has 0 radical (unpaired) electrons. The van der Waals surface area contributed by atoms with Crippen LogP contribution in [-0.2, 0) is 4.79 Å². The van der Waals surface area contributed by atoms with E-state index < -0.39 is 5.82 Å². The van der Waals surface area contributed by atoms with Crippen molar-refractivity contribution in [2.45, 2.75) is 6.04 Å². The molecule has 4 nitrogen and oxygen atoms in total. The summed E-state index contributed by atoms with van der Waals surface area (Å²) in [5.41, 5.74) is 0.908. The second kappa shape index (κ2) is 9.04. The normalized spacial score (nSPS) is 16.9. The van der Waals surface area contributed by atoms with Gasteiger partial charge in [-0.1, -0.05) is 35.9 Å². The topological polar surface area (TPSA) is 41.6 Å². The van der Waals surface area contributed by atoms with Crippen LogP contribution in [0, 0.1) is 5.82 Å². The van der Waals surface area contributed by atoms with Crippen molar-refractivity contribution in [2.24, 2.45) is 0 Å². The number of halogens is 3. The van der Waals surface area contributed by atoms with E-state index in [9.17, 15) is 9.18 Å². The van der Waals surface area contributed by atoms with Gasteiger partial charge in [0.05, 0.1) is 6.04 Å². The first-order valence-electron chi connectivity index (χ1n) is 7.78. The van der Waals surface area contributed by atoms with Gasteiger partial charge < -0.3 is 15.0 Å². The Bertz CT molecular complexity index is 730. The molecule has 1 fully saturated rings. The molecule has 0 aromatic heterocycles. The molecule has 0 bridgehead atoms. The van der Waals surface area contributed by atoms with Crippen LogP contribution in [0.3, 0.4) is 0 Å². The van der Waals surface area contributed by atoms with Crippen molar-refractivity contribution in [3.8, 4) is 5.75 Å². The van der Waals surface area contributed by atoms with Crippen LogP contribution in [0.1, 0.15) is 11.6 Å². The summed E-state index contributed by atoms with van der Waals surface area (Å²) in [6, 6.07) is 13.1. The molecule has 7 heteroatoms. The minimum Gasteiger partial charge on any atom is -0.484 e. The first kappa shape index (κ1) is 19.5. The quantitative estimate of drug-likeness (QED) is 0.877. The molecule has 134 valence electrons. The van der Waals surface area contributed by atoms with Gasteiger partial charge in [-0.2, -0.15) is 0 Å². The largest absolute Gasteiger partial charge is 0.484 e. The van der Waals surface area contributed by atoms with Crippen LogP contribution in [0.15, 0.2) is 48.5 Å². The predicted octanol–water partition coefficient (Wildman–Crippen LogP) is 3.45. The highest BCUT2D eigenvalue weighted by Crippen LogP contribution is 2.28. The molecular weight excluding hydrogens is 366 g/mol. The molecule has 25 heavy (non-hydrogen) atoms. The van der Waals surface area contributed by atoms with E-state index in [2.05, 4.69) is 5.32 Å². The van der Waals surface area contributed by atoms with Gasteiger partial charge in [-0.3, -0.25) is 4.79 Å². The highest BCUT2D eigenvalue weighted by molar-refractivity contribution is 6.31. The van der Waals surface area contributed by atoms with Gasteiger partial charge >= 0.3 is 0 Å². The maximum atomic E-state index is 13.2. The minimum atomic E-state index is -0.393. The Hall–Kier alpha value is -1.82. The van der Waals surface area contributed by atoms with E-state index >= 15 is 0 Å². The molecule has 1 N–H and O–H groups in total. The first-order valence-corrected chi connectivity index (χ1v) is 8.16. The Labute approximate surface area is 157 Å². The number of carbonyl (C=O) groups excluding carboxylic acids is 1. The Morgan fingerprint density at radius 3 is 2.84 bits per heavy atom. The fraction of sp³-hybridized carbons (Fsp3) is 0.278. The fourth-order valence-electron chi connectivity index (χ4n) is 2.81. The summed E-state index contributed by atoms with van der Waals surface area (Å²) in [5.74, 6) is -0.200. The third kappa shape index (κ3) is 4.84. The van der Waals surface area contributed by atoms with E-state index in [1.807, 2.05) is 24.3 Å². The van der Waals surface area contributed by atoms with Gasteiger partial charge in [0.2, 0.25) is 0 Å². The lowest BCUT2D eigenvalue weighted by Gasteiger charge is -2.36. The summed E-state index contributed by atoms with van der Waals surface area (Å²) in [6.45, 7) is 1.79. The fourth-order valence-corrected chi connectivity index (χ4v) is 3.07. The van der Waals surface area contributed by atoms with Crippen molar-refractivity contribution in [3.63, 3.8) is 0 Å². The minimum absolute atomic E-state index is 0. The van der Waals surface area contributed by atoms with Crippen molar-refractivity contribution >= 4 is 29.9 Å². The van der Waals surface area contributed by atoms with Gasteiger partial charge in [0.25, 0.3) is 5.91 Å². The average Bonchev–Trinajstić information content (AvgIpc) is 2.60. The number of hydrogen-bond donors (Lipinski definition) is 1. The summed E-state index contributed by atoms with van der Waals surface area (Å²) in [5, 5.41) is 3.92.